The molecular formula is C19H23IN2O4. The van der Waals surface area contributed by atoms with Crippen molar-refractivity contribution in [1.82, 2.24) is 9.80 Å². The van der Waals surface area contributed by atoms with Gasteiger partial charge in [-0.05, 0) is 66.5 Å². The fourth-order valence-electron chi connectivity index (χ4n) is 4.49. The third-order valence-electron chi connectivity index (χ3n) is 5.82. The molecule has 3 atom stereocenters. The lowest BCUT2D eigenvalue weighted by atomic mass is 10.00. The number of rotatable bonds is 2. The van der Waals surface area contributed by atoms with Crippen LogP contribution in [0.15, 0.2) is 18.2 Å². The van der Waals surface area contributed by atoms with Crippen molar-refractivity contribution in [1.29, 1.82) is 0 Å². The molecule has 7 heteroatoms. The van der Waals surface area contributed by atoms with Crippen LogP contribution in [0.2, 0.25) is 0 Å². The summed E-state index contributed by atoms with van der Waals surface area (Å²) in [5.74, 6) is 0.242. The summed E-state index contributed by atoms with van der Waals surface area (Å²) in [6.07, 6.45) is 3.49. The molecule has 6 nitrogen and oxygen atoms in total. The fourth-order valence-corrected chi connectivity index (χ4v) is 4.83. The molecule has 0 aliphatic carbocycles. The molecule has 1 unspecified atom stereocenters. The Morgan fingerprint density at radius 3 is 2.54 bits per heavy atom. The number of benzene rings is 1. The summed E-state index contributed by atoms with van der Waals surface area (Å²) in [4.78, 5) is 29.7. The van der Waals surface area contributed by atoms with E-state index in [-0.39, 0.29) is 35.6 Å². The van der Waals surface area contributed by atoms with E-state index >= 15 is 0 Å². The monoisotopic (exact) mass is 470 g/mol. The van der Waals surface area contributed by atoms with Crippen molar-refractivity contribution in [2.24, 2.45) is 5.92 Å². The summed E-state index contributed by atoms with van der Waals surface area (Å²) in [7, 11) is 0. The van der Waals surface area contributed by atoms with Gasteiger partial charge in [-0.15, -0.1) is 0 Å². The number of halogens is 1. The van der Waals surface area contributed by atoms with Crippen LogP contribution in [-0.4, -0.2) is 65.1 Å². The summed E-state index contributed by atoms with van der Waals surface area (Å²) < 4.78 is 6.20. The zero-order valence-electron chi connectivity index (χ0n) is 14.6. The van der Waals surface area contributed by atoms with E-state index in [4.69, 9.17) is 4.74 Å². The molecule has 0 radical (unpaired) electrons. The van der Waals surface area contributed by atoms with E-state index in [2.05, 4.69) is 0 Å². The van der Waals surface area contributed by atoms with Crippen molar-refractivity contribution in [3.63, 3.8) is 0 Å². The second-order valence-electron chi connectivity index (χ2n) is 7.32. The van der Waals surface area contributed by atoms with E-state index in [9.17, 15) is 14.7 Å². The minimum absolute atomic E-state index is 0.0274. The minimum Gasteiger partial charge on any atom is -0.507 e. The Morgan fingerprint density at radius 1 is 1.12 bits per heavy atom. The van der Waals surface area contributed by atoms with E-state index < -0.39 is 0 Å². The highest BCUT2D eigenvalue weighted by Gasteiger charge is 2.47. The highest BCUT2D eigenvalue weighted by atomic mass is 127. The Balaban J connectivity index is 1.46. The van der Waals surface area contributed by atoms with E-state index in [1.54, 1.807) is 12.1 Å². The highest BCUT2D eigenvalue weighted by molar-refractivity contribution is 14.1. The lowest BCUT2D eigenvalue weighted by Crippen LogP contribution is -2.45. The number of carbonyl (C=O) groups excluding carboxylic acids is 2. The van der Waals surface area contributed by atoms with E-state index in [0.29, 0.717) is 25.3 Å². The van der Waals surface area contributed by atoms with Crippen LogP contribution in [0.1, 0.15) is 36.0 Å². The van der Waals surface area contributed by atoms with Gasteiger partial charge in [0, 0.05) is 25.3 Å². The van der Waals surface area contributed by atoms with Crippen LogP contribution in [0.4, 0.5) is 0 Å². The summed E-state index contributed by atoms with van der Waals surface area (Å²) >= 11 is 2.04. The van der Waals surface area contributed by atoms with Crippen LogP contribution in [0.3, 0.4) is 0 Å². The first kappa shape index (κ1) is 18.0. The number of likely N-dealkylation sites (tertiary alicyclic amines) is 2. The standard InChI is InChI=1S/C19H23IN2O4/c20-14-4-3-12(10-17(14)23)18(24)21-7-5-16-15(21)6-8-22(16)19(25)13-2-1-9-26-11-13/h3-4,10,13,15-16,23H,1-2,5-9,11H2/t13?,15-,16-/m1/s1. The number of ether oxygens (including phenoxy) is 1. The third-order valence-corrected chi connectivity index (χ3v) is 6.74. The molecule has 2 amide bonds. The Bertz CT molecular complexity index is 719. The minimum atomic E-state index is -0.0560. The van der Waals surface area contributed by atoms with Gasteiger partial charge in [-0.2, -0.15) is 0 Å². The number of hydrogen-bond donors (Lipinski definition) is 1. The number of phenols is 1. The summed E-state index contributed by atoms with van der Waals surface area (Å²) in [6, 6.07) is 5.25. The number of phenolic OH excluding ortho intramolecular Hbond substituents is 1. The molecule has 0 saturated carbocycles. The first-order valence-electron chi connectivity index (χ1n) is 9.24. The van der Waals surface area contributed by atoms with Gasteiger partial charge in [0.1, 0.15) is 5.75 Å². The Hall–Kier alpha value is -1.35. The molecule has 0 bridgehead atoms. The first-order valence-corrected chi connectivity index (χ1v) is 10.3. The van der Waals surface area contributed by atoms with Crippen molar-refractivity contribution in [2.75, 3.05) is 26.3 Å². The number of nitrogens with zero attached hydrogens (tertiary/aromatic N) is 2. The fraction of sp³-hybridized carbons (Fsp3) is 0.579. The number of hydrogen-bond acceptors (Lipinski definition) is 4. The molecule has 1 aromatic carbocycles. The average molecular weight is 470 g/mol. The maximum Gasteiger partial charge on any atom is 0.254 e. The quantitative estimate of drug-likeness (QED) is 0.674. The summed E-state index contributed by atoms with van der Waals surface area (Å²) in [5, 5.41) is 9.90. The van der Waals surface area contributed by atoms with Crippen molar-refractivity contribution in [3.05, 3.63) is 27.3 Å². The molecule has 1 N–H and O–H groups in total. The molecule has 0 aromatic heterocycles. The predicted octanol–water partition coefficient (Wildman–Crippen LogP) is 2.24. The Kier molecular flexibility index (Phi) is 5.09. The van der Waals surface area contributed by atoms with Gasteiger partial charge in [-0.1, -0.05) is 0 Å². The maximum absolute atomic E-state index is 12.9. The molecule has 0 spiro atoms. The van der Waals surface area contributed by atoms with Gasteiger partial charge in [0.2, 0.25) is 5.91 Å². The largest absolute Gasteiger partial charge is 0.507 e. The number of amides is 2. The van der Waals surface area contributed by atoms with Crippen LogP contribution in [0.5, 0.6) is 5.75 Å². The van der Waals surface area contributed by atoms with E-state index in [0.717, 1.165) is 35.9 Å². The lowest BCUT2D eigenvalue weighted by Gasteiger charge is -2.30. The van der Waals surface area contributed by atoms with Crippen LogP contribution in [-0.2, 0) is 9.53 Å². The second-order valence-corrected chi connectivity index (χ2v) is 8.48. The molecule has 3 fully saturated rings. The van der Waals surface area contributed by atoms with Crippen LogP contribution in [0, 0.1) is 9.49 Å². The van der Waals surface area contributed by atoms with Crippen molar-refractivity contribution in [3.8, 4) is 5.75 Å². The highest BCUT2D eigenvalue weighted by Crippen LogP contribution is 2.35. The molecular weight excluding hydrogens is 447 g/mol. The molecule has 1 aromatic rings. The molecule has 3 aliphatic rings. The van der Waals surface area contributed by atoms with Crippen molar-refractivity contribution in [2.45, 2.75) is 37.8 Å². The van der Waals surface area contributed by atoms with Crippen molar-refractivity contribution >= 4 is 34.4 Å². The van der Waals surface area contributed by atoms with Gasteiger partial charge in [0.15, 0.2) is 0 Å². The van der Waals surface area contributed by atoms with Crippen LogP contribution >= 0.6 is 22.6 Å². The Morgan fingerprint density at radius 2 is 1.85 bits per heavy atom. The molecule has 3 heterocycles. The second kappa shape index (κ2) is 7.34. The molecule has 4 rings (SSSR count). The summed E-state index contributed by atoms with van der Waals surface area (Å²) in [5.41, 5.74) is 0.508. The molecule has 26 heavy (non-hydrogen) atoms. The smallest absolute Gasteiger partial charge is 0.254 e. The molecule has 3 aliphatic heterocycles. The lowest BCUT2D eigenvalue weighted by molar-refractivity contribution is -0.140. The SMILES string of the molecule is O=C(c1ccc(I)c(O)c1)N1CC[C@@H]2[C@H]1CCN2C(=O)C1CCCOC1. The van der Waals surface area contributed by atoms with Gasteiger partial charge in [0.05, 0.1) is 28.2 Å². The zero-order valence-corrected chi connectivity index (χ0v) is 16.7. The average Bonchev–Trinajstić information content (AvgIpc) is 3.25. The maximum atomic E-state index is 12.9. The van der Waals surface area contributed by atoms with E-state index in [1.165, 1.54) is 6.07 Å². The van der Waals surface area contributed by atoms with E-state index in [1.807, 2.05) is 32.4 Å². The van der Waals surface area contributed by atoms with Gasteiger partial charge in [-0.25, -0.2) is 0 Å². The normalized spacial score (nSPS) is 28.3. The third kappa shape index (κ3) is 3.19. The zero-order chi connectivity index (χ0) is 18.3. The number of fused-ring (bicyclic) bond motifs is 1. The van der Waals surface area contributed by atoms with Crippen LogP contribution < -0.4 is 0 Å². The number of aromatic hydroxyl groups is 1. The molecule has 140 valence electrons. The summed E-state index contributed by atoms with van der Waals surface area (Å²) in [6.45, 7) is 2.65. The first-order chi connectivity index (χ1) is 12.6. The van der Waals surface area contributed by atoms with Gasteiger partial charge < -0.3 is 19.6 Å². The Labute approximate surface area is 166 Å². The topological polar surface area (TPSA) is 70.1 Å². The predicted molar refractivity (Wildman–Crippen MR) is 104 cm³/mol. The van der Waals surface area contributed by atoms with Crippen LogP contribution in [0.25, 0.3) is 0 Å². The molecule has 3 saturated heterocycles. The number of carbonyl (C=O) groups is 2. The van der Waals surface area contributed by atoms with Gasteiger partial charge in [0.25, 0.3) is 5.91 Å². The van der Waals surface area contributed by atoms with Crippen molar-refractivity contribution < 1.29 is 19.4 Å². The van der Waals surface area contributed by atoms with Gasteiger partial charge >= 0.3 is 0 Å². The van der Waals surface area contributed by atoms with Gasteiger partial charge in [-0.3, -0.25) is 9.59 Å².